The minimum Gasteiger partial charge on any atom is -0.462 e. The van der Waals surface area contributed by atoms with Gasteiger partial charge in [-0.25, -0.2) is 0 Å². The molecule has 0 spiro atoms. The number of carbonyl (C=O) groups excluding carboxylic acids is 3. The first-order valence-electron chi connectivity index (χ1n) is 33.5. The molecule has 0 amide bonds. The predicted molar refractivity (Wildman–Crippen MR) is 317 cm³/mol. The topological polar surface area (TPSA) is 78.9 Å². The van der Waals surface area contributed by atoms with Crippen LogP contribution in [0.4, 0.5) is 0 Å². The summed E-state index contributed by atoms with van der Waals surface area (Å²) in [5.74, 6) is -0.827. The van der Waals surface area contributed by atoms with Crippen LogP contribution in [0.15, 0.2) is 0 Å². The highest BCUT2D eigenvalue weighted by Gasteiger charge is 2.19. The summed E-state index contributed by atoms with van der Waals surface area (Å²) in [6, 6.07) is 0. The van der Waals surface area contributed by atoms with Crippen molar-refractivity contribution >= 4 is 17.9 Å². The minimum absolute atomic E-state index is 0.0607. The van der Waals surface area contributed by atoms with E-state index in [4.69, 9.17) is 14.2 Å². The number of carbonyl (C=O) groups is 3. The second kappa shape index (κ2) is 62.9. The highest BCUT2D eigenvalue weighted by Crippen LogP contribution is 2.19. The van der Waals surface area contributed by atoms with E-state index in [1.54, 1.807) is 0 Å². The molecular weight excluding hydrogens is 901 g/mol. The maximum atomic E-state index is 12.9. The van der Waals surface area contributed by atoms with Crippen molar-refractivity contribution in [3.05, 3.63) is 0 Å². The highest BCUT2D eigenvalue weighted by molar-refractivity contribution is 5.71. The van der Waals surface area contributed by atoms with E-state index in [0.29, 0.717) is 19.3 Å². The average molecular weight is 1030 g/mol. The van der Waals surface area contributed by atoms with E-state index in [2.05, 4.69) is 20.8 Å². The molecule has 0 radical (unpaired) electrons. The Kier molecular flexibility index (Phi) is 61.6. The molecule has 1 unspecified atom stereocenters. The van der Waals surface area contributed by atoms with Crippen molar-refractivity contribution in [3.8, 4) is 0 Å². The molecule has 73 heavy (non-hydrogen) atoms. The molecule has 0 aromatic heterocycles. The molecule has 1 atom stereocenters. The quantitative estimate of drug-likeness (QED) is 0.0343. The Hall–Kier alpha value is -1.59. The van der Waals surface area contributed by atoms with Gasteiger partial charge in [0.1, 0.15) is 13.2 Å². The van der Waals surface area contributed by atoms with E-state index in [1.807, 2.05) is 0 Å². The van der Waals surface area contributed by atoms with Gasteiger partial charge in [-0.2, -0.15) is 0 Å². The van der Waals surface area contributed by atoms with Crippen molar-refractivity contribution in [2.24, 2.45) is 0 Å². The number of ether oxygens (including phenoxy) is 3. The third-order valence-corrected chi connectivity index (χ3v) is 15.6. The van der Waals surface area contributed by atoms with Crippen LogP contribution in [0, 0.1) is 0 Å². The van der Waals surface area contributed by atoms with E-state index in [9.17, 15) is 14.4 Å². The van der Waals surface area contributed by atoms with Gasteiger partial charge in [0.2, 0.25) is 0 Å². The monoisotopic (exact) mass is 1030 g/mol. The van der Waals surface area contributed by atoms with Gasteiger partial charge in [-0.05, 0) is 19.3 Å². The van der Waals surface area contributed by atoms with E-state index in [1.165, 1.54) is 295 Å². The second-order valence-corrected chi connectivity index (χ2v) is 23.1. The van der Waals surface area contributed by atoms with Crippen LogP contribution in [0.25, 0.3) is 0 Å². The van der Waals surface area contributed by atoms with Crippen molar-refractivity contribution in [1.82, 2.24) is 0 Å². The van der Waals surface area contributed by atoms with Gasteiger partial charge >= 0.3 is 17.9 Å². The van der Waals surface area contributed by atoms with Crippen molar-refractivity contribution in [3.63, 3.8) is 0 Å². The lowest BCUT2D eigenvalue weighted by Gasteiger charge is -2.18. The number of hydrogen-bond acceptors (Lipinski definition) is 6. The predicted octanol–water partition coefficient (Wildman–Crippen LogP) is 22.7. The highest BCUT2D eigenvalue weighted by atomic mass is 16.6. The Morgan fingerprint density at radius 2 is 0.370 bits per heavy atom. The molecule has 434 valence electrons. The molecule has 6 heteroatoms. The van der Waals surface area contributed by atoms with Gasteiger partial charge < -0.3 is 14.2 Å². The fourth-order valence-electron chi connectivity index (χ4n) is 10.6. The smallest absolute Gasteiger partial charge is 0.306 e. The van der Waals surface area contributed by atoms with Crippen LogP contribution in [0.2, 0.25) is 0 Å². The SMILES string of the molecule is CCCCCCCCCCCCCCCCCCCCCCCCCCCCC(=O)OCC(COC(=O)CCCCCCCCCCCC)OC(=O)CCCCCCCCCCCCCCCCCCCCC. The first kappa shape index (κ1) is 71.4. The molecule has 6 nitrogen and oxygen atoms in total. The molecular formula is C67H130O6. The van der Waals surface area contributed by atoms with Crippen LogP contribution >= 0.6 is 0 Å². The van der Waals surface area contributed by atoms with Crippen LogP contribution in [-0.2, 0) is 28.6 Å². The summed E-state index contributed by atoms with van der Waals surface area (Å²) in [4.78, 5) is 38.2. The maximum absolute atomic E-state index is 12.9. The molecule has 0 bridgehead atoms. The lowest BCUT2D eigenvalue weighted by molar-refractivity contribution is -0.167. The Labute approximate surface area is 457 Å². The van der Waals surface area contributed by atoms with Crippen LogP contribution in [-0.4, -0.2) is 37.2 Å². The Morgan fingerprint density at radius 1 is 0.219 bits per heavy atom. The fraction of sp³-hybridized carbons (Fsp3) is 0.955. The summed E-state index contributed by atoms with van der Waals surface area (Å²) in [6.07, 6.45) is 72.8. The fourth-order valence-corrected chi connectivity index (χ4v) is 10.6. The third kappa shape index (κ3) is 61.1. The van der Waals surface area contributed by atoms with Gasteiger partial charge in [0.25, 0.3) is 0 Å². The largest absolute Gasteiger partial charge is 0.462 e. The molecule has 0 aliphatic heterocycles. The molecule has 0 N–H and O–H groups in total. The van der Waals surface area contributed by atoms with Crippen molar-refractivity contribution < 1.29 is 28.6 Å². The summed E-state index contributed by atoms with van der Waals surface area (Å²) >= 11 is 0. The molecule has 0 rings (SSSR count). The van der Waals surface area contributed by atoms with Gasteiger partial charge in [-0.15, -0.1) is 0 Å². The van der Waals surface area contributed by atoms with Crippen molar-refractivity contribution in [2.45, 2.75) is 399 Å². The standard InChI is InChI=1S/C67H130O6/c1-4-7-10-13-16-19-22-24-26-28-30-31-32-33-34-35-36-38-39-41-43-45-48-51-54-57-60-66(69)72-63-64(62-71-65(68)59-56-53-50-47-21-18-15-12-9-6-3)73-67(70)61-58-55-52-49-46-44-42-40-37-29-27-25-23-20-17-14-11-8-5-2/h64H,4-63H2,1-3H3. The first-order valence-corrected chi connectivity index (χ1v) is 33.5. The number of unbranched alkanes of at least 4 members (excludes halogenated alkanes) is 52. The second-order valence-electron chi connectivity index (χ2n) is 23.1. The van der Waals surface area contributed by atoms with Crippen molar-refractivity contribution in [1.29, 1.82) is 0 Å². The average Bonchev–Trinajstić information content (AvgIpc) is 3.39. The molecule has 0 aromatic carbocycles. The summed E-state index contributed by atoms with van der Waals surface area (Å²) in [5.41, 5.74) is 0. The minimum atomic E-state index is -0.762. The Morgan fingerprint density at radius 3 is 0.548 bits per heavy atom. The maximum Gasteiger partial charge on any atom is 0.306 e. The van der Waals surface area contributed by atoms with Gasteiger partial charge in [0, 0.05) is 19.3 Å². The molecule has 0 aromatic rings. The molecule has 0 aliphatic rings. The van der Waals surface area contributed by atoms with Gasteiger partial charge in [-0.3, -0.25) is 14.4 Å². The number of rotatable bonds is 63. The summed E-state index contributed by atoms with van der Waals surface area (Å²) in [6.45, 7) is 6.72. The first-order chi connectivity index (χ1) is 36.0. The van der Waals surface area contributed by atoms with Crippen LogP contribution < -0.4 is 0 Å². The molecule has 0 saturated carbocycles. The van der Waals surface area contributed by atoms with Gasteiger partial charge in [0.15, 0.2) is 6.10 Å². The van der Waals surface area contributed by atoms with E-state index < -0.39 is 6.10 Å². The van der Waals surface area contributed by atoms with Crippen LogP contribution in [0.5, 0.6) is 0 Å². The lowest BCUT2D eigenvalue weighted by Crippen LogP contribution is -2.30. The van der Waals surface area contributed by atoms with Crippen molar-refractivity contribution in [2.75, 3.05) is 13.2 Å². The zero-order valence-electron chi connectivity index (χ0n) is 50.0. The normalized spacial score (nSPS) is 11.9. The Balaban J connectivity index is 4.11. The number of hydrogen-bond donors (Lipinski definition) is 0. The van der Waals surface area contributed by atoms with Crippen LogP contribution in [0.1, 0.15) is 393 Å². The third-order valence-electron chi connectivity index (χ3n) is 15.6. The molecule has 0 aliphatic carbocycles. The molecule has 0 heterocycles. The summed E-state index contributed by atoms with van der Waals surface area (Å²) < 4.78 is 16.9. The van der Waals surface area contributed by atoms with Crippen LogP contribution in [0.3, 0.4) is 0 Å². The van der Waals surface area contributed by atoms with Gasteiger partial charge in [0.05, 0.1) is 0 Å². The Bertz CT molecular complexity index is 1090. The zero-order valence-corrected chi connectivity index (χ0v) is 50.0. The molecule has 0 saturated heterocycles. The zero-order chi connectivity index (χ0) is 52.9. The summed E-state index contributed by atoms with van der Waals surface area (Å²) in [5, 5.41) is 0. The number of esters is 3. The van der Waals surface area contributed by atoms with E-state index >= 15 is 0 Å². The molecule has 0 fully saturated rings. The van der Waals surface area contributed by atoms with E-state index in [0.717, 1.165) is 57.8 Å². The van der Waals surface area contributed by atoms with E-state index in [-0.39, 0.29) is 31.1 Å². The lowest BCUT2D eigenvalue weighted by atomic mass is 10.0. The summed E-state index contributed by atoms with van der Waals surface area (Å²) in [7, 11) is 0. The van der Waals surface area contributed by atoms with Gasteiger partial charge in [-0.1, -0.05) is 355 Å².